The monoisotopic (exact) mass is 286 g/mol. The van der Waals surface area contributed by atoms with Gasteiger partial charge in [-0.1, -0.05) is 30.3 Å². The summed E-state index contributed by atoms with van der Waals surface area (Å²) in [5.41, 5.74) is 0.0499. The van der Waals surface area contributed by atoms with Crippen LogP contribution >= 0.6 is 0 Å². The van der Waals surface area contributed by atoms with Gasteiger partial charge in [-0.2, -0.15) is 13.2 Å². The normalized spacial score (nSPS) is 27.5. The summed E-state index contributed by atoms with van der Waals surface area (Å²) < 4.78 is 38.3. The van der Waals surface area contributed by atoms with Crippen LogP contribution in [-0.2, 0) is 5.54 Å². The molecule has 5 heteroatoms. The molecule has 0 saturated carbocycles. The fraction of sp³-hybridized carbons (Fsp3) is 0.600. The van der Waals surface area contributed by atoms with Crippen molar-refractivity contribution in [1.82, 2.24) is 10.2 Å². The summed E-state index contributed by atoms with van der Waals surface area (Å²) in [4.78, 5) is 1.52. The summed E-state index contributed by atoms with van der Waals surface area (Å²) in [5, 5.41) is 3.41. The third kappa shape index (κ3) is 3.33. The summed E-state index contributed by atoms with van der Waals surface area (Å²) in [6.45, 7) is 5.63. The lowest BCUT2D eigenvalue weighted by Gasteiger charge is -2.51. The first-order valence-electron chi connectivity index (χ1n) is 6.75. The van der Waals surface area contributed by atoms with E-state index in [1.54, 1.807) is 0 Å². The largest absolute Gasteiger partial charge is 0.401 e. The Labute approximate surface area is 118 Å². The molecule has 1 heterocycles. The van der Waals surface area contributed by atoms with E-state index in [-0.39, 0.29) is 0 Å². The van der Waals surface area contributed by atoms with E-state index in [1.165, 1.54) is 4.90 Å². The Morgan fingerprint density at radius 1 is 1.15 bits per heavy atom. The van der Waals surface area contributed by atoms with Crippen molar-refractivity contribution < 1.29 is 13.2 Å². The van der Waals surface area contributed by atoms with E-state index in [1.807, 2.05) is 51.1 Å². The highest BCUT2D eigenvalue weighted by Gasteiger charge is 2.45. The highest BCUT2D eigenvalue weighted by Crippen LogP contribution is 2.32. The lowest BCUT2D eigenvalue weighted by Crippen LogP contribution is -2.66. The van der Waals surface area contributed by atoms with Crippen LogP contribution in [0, 0.1) is 0 Å². The molecule has 1 aliphatic heterocycles. The van der Waals surface area contributed by atoms with Crippen molar-refractivity contribution in [3.63, 3.8) is 0 Å². The number of alkyl halides is 3. The predicted molar refractivity (Wildman–Crippen MR) is 73.5 cm³/mol. The minimum absolute atomic E-state index is 0.337. The number of nitrogens with zero attached hydrogens (tertiary/aromatic N) is 1. The van der Waals surface area contributed by atoms with Gasteiger partial charge in [-0.25, -0.2) is 0 Å². The molecule has 112 valence electrons. The molecule has 0 bridgehead atoms. The van der Waals surface area contributed by atoms with Gasteiger partial charge in [0.1, 0.15) is 0 Å². The van der Waals surface area contributed by atoms with E-state index in [0.29, 0.717) is 13.1 Å². The molecule has 0 spiro atoms. The first-order chi connectivity index (χ1) is 9.12. The molecule has 20 heavy (non-hydrogen) atoms. The summed E-state index contributed by atoms with van der Waals surface area (Å²) in [6, 6.07) is 9.65. The number of nitrogens with one attached hydrogen (secondary N) is 1. The fourth-order valence-corrected chi connectivity index (χ4v) is 2.66. The standard InChI is InChI=1S/C15H21F3N2/c1-13(2)9-19-14(3,12-7-5-4-6-8-12)10-20(13)11-15(16,17)18/h4-8,19H,9-11H2,1-3H3. The molecule has 1 aromatic rings. The van der Waals surface area contributed by atoms with Crippen LogP contribution in [0.4, 0.5) is 13.2 Å². The molecule has 0 amide bonds. The van der Waals surface area contributed by atoms with Crippen LogP contribution < -0.4 is 5.32 Å². The third-order valence-electron chi connectivity index (χ3n) is 4.06. The number of hydrogen-bond donors (Lipinski definition) is 1. The maximum Gasteiger partial charge on any atom is 0.401 e. The zero-order valence-electron chi connectivity index (χ0n) is 12.1. The average Bonchev–Trinajstić information content (AvgIpc) is 2.34. The van der Waals surface area contributed by atoms with Gasteiger partial charge >= 0.3 is 6.18 Å². The van der Waals surface area contributed by atoms with Crippen LogP contribution in [0.15, 0.2) is 30.3 Å². The van der Waals surface area contributed by atoms with Crippen LogP contribution in [0.5, 0.6) is 0 Å². The molecule has 1 aromatic carbocycles. The van der Waals surface area contributed by atoms with Crippen molar-refractivity contribution >= 4 is 0 Å². The molecule has 1 aliphatic rings. The van der Waals surface area contributed by atoms with Crippen molar-refractivity contribution in [1.29, 1.82) is 0 Å². The zero-order valence-corrected chi connectivity index (χ0v) is 12.1. The number of piperazine rings is 1. The van der Waals surface area contributed by atoms with E-state index in [9.17, 15) is 13.2 Å². The van der Waals surface area contributed by atoms with Gasteiger partial charge in [-0.15, -0.1) is 0 Å². The second-order valence-corrected chi connectivity index (χ2v) is 6.34. The molecule has 2 nitrogen and oxygen atoms in total. The number of hydrogen-bond acceptors (Lipinski definition) is 2. The predicted octanol–water partition coefficient (Wildman–Crippen LogP) is 3.15. The number of rotatable bonds is 2. The SMILES string of the molecule is CC1(c2ccccc2)CN(CC(F)(F)F)C(C)(C)CN1. The second-order valence-electron chi connectivity index (χ2n) is 6.34. The Hall–Kier alpha value is -1.07. The lowest BCUT2D eigenvalue weighted by molar-refractivity contribution is -0.165. The third-order valence-corrected chi connectivity index (χ3v) is 4.06. The maximum absolute atomic E-state index is 12.8. The van der Waals surface area contributed by atoms with E-state index < -0.39 is 23.8 Å². The molecule has 1 unspecified atom stereocenters. The van der Waals surface area contributed by atoms with Crippen LogP contribution in [-0.4, -0.2) is 36.2 Å². The molecular formula is C15H21F3N2. The topological polar surface area (TPSA) is 15.3 Å². The highest BCUT2D eigenvalue weighted by atomic mass is 19.4. The zero-order chi connectivity index (χ0) is 15.0. The van der Waals surface area contributed by atoms with Gasteiger partial charge in [-0.3, -0.25) is 4.90 Å². The van der Waals surface area contributed by atoms with Crippen LogP contribution in [0.2, 0.25) is 0 Å². The van der Waals surface area contributed by atoms with Crippen LogP contribution in [0.25, 0.3) is 0 Å². The summed E-state index contributed by atoms with van der Waals surface area (Å²) in [6.07, 6.45) is -4.17. The Kier molecular flexibility index (Phi) is 3.86. The van der Waals surface area contributed by atoms with Gasteiger partial charge in [-0.05, 0) is 26.3 Å². The molecule has 0 aliphatic carbocycles. The second kappa shape index (κ2) is 5.04. The van der Waals surface area contributed by atoms with Crippen molar-refractivity contribution in [2.24, 2.45) is 0 Å². The van der Waals surface area contributed by atoms with Crippen molar-refractivity contribution in [2.45, 2.75) is 38.0 Å². The van der Waals surface area contributed by atoms with E-state index in [0.717, 1.165) is 5.56 Å². The van der Waals surface area contributed by atoms with E-state index in [2.05, 4.69) is 5.32 Å². The Morgan fingerprint density at radius 3 is 2.30 bits per heavy atom. The van der Waals surface area contributed by atoms with E-state index in [4.69, 9.17) is 0 Å². The van der Waals surface area contributed by atoms with Crippen LogP contribution in [0.3, 0.4) is 0 Å². The van der Waals surface area contributed by atoms with Gasteiger partial charge in [0.2, 0.25) is 0 Å². The van der Waals surface area contributed by atoms with Gasteiger partial charge < -0.3 is 5.32 Å². The lowest BCUT2D eigenvalue weighted by atomic mass is 9.85. The summed E-state index contributed by atoms with van der Waals surface area (Å²) >= 11 is 0. The smallest absolute Gasteiger partial charge is 0.305 e. The summed E-state index contributed by atoms with van der Waals surface area (Å²) in [5.74, 6) is 0. The quantitative estimate of drug-likeness (QED) is 0.898. The van der Waals surface area contributed by atoms with Gasteiger partial charge in [0, 0.05) is 18.6 Å². The highest BCUT2D eigenvalue weighted by molar-refractivity contribution is 5.25. The van der Waals surface area contributed by atoms with E-state index >= 15 is 0 Å². The molecule has 1 atom stereocenters. The summed E-state index contributed by atoms with van der Waals surface area (Å²) in [7, 11) is 0. The Morgan fingerprint density at radius 2 is 1.75 bits per heavy atom. The molecule has 0 radical (unpaired) electrons. The molecule has 0 aromatic heterocycles. The number of halogens is 3. The van der Waals surface area contributed by atoms with Crippen molar-refractivity contribution in [3.8, 4) is 0 Å². The minimum atomic E-state index is -4.17. The molecule has 1 fully saturated rings. The Balaban J connectivity index is 2.24. The average molecular weight is 286 g/mol. The van der Waals surface area contributed by atoms with Crippen molar-refractivity contribution in [2.75, 3.05) is 19.6 Å². The minimum Gasteiger partial charge on any atom is -0.305 e. The molecule has 1 saturated heterocycles. The molecular weight excluding hydrogens is 265 g/mol. The first-order valence-corrected chi connectivity index (χ1v) is 6.75. The van der Waals surface area contributed by atoms with Gasteiger partial charge in [0.15, 0.2) is 0 Å². The van der Waals surface area contributed by atoms with Crippen LogP contribution in [0.1, 0.15) is 26.3 Å². The molecule has 1 N–H and O–H groups in total. The van der Waals surface area contributed by atoms with Gasteiger partial charge in [0.05, 0.1) is 12.1 Å². The van der Waals surface area contributed by atoms with Gasteiger partial charge in [0.25, 0.3) is 0 Å². The first kappa shape index (κ1) is 15.3. The number of benzene rings is 1. The molecule has 2 rings (SSSR count). The Bertz CT molecular complexity index is 456. The van der Waals surface area contributed by atoms with Crippen molar-refractivity contribution in [3.05, 3.63) is 35.9 Å². The fourth-order valence-electron chi connectivity index (χ4n) is 2.66. The maximum atomic E-state index is 12.8.